The second-order valence-electron chi connectivity index (χ2n) is 8.61. The quantitative estimate of drug-likeness (QED) is 0.341. The lowest BCUT2D eigenvalue weighted by Gasteiger charge is -2.16. The van der Waals surface area contributed by atoms with Gasteiger partial charge in [0.1, 0.15) is 5.82 Å². The first-order valence-electron chi connectivity index (χ1n) is 11.8. The molecule has 3 aromatic carbocycles. The van der Waals surface area contributed by atoms with Gasteiger partial charge in [-0.15, -0.1) is 0 Å². The first kappa shape index (κ1) is 27.2. The normalized spacial score (nSPS) is 11.4. The summed E-state index contributed by atoms with van der Waals surface area (Å²) in [6, 6.07) is 24.5. The van der Waals surface area contributed by atoms with Crippen molar-refractivity contribution < 1.29 is 29.1 Å². The van der Waals surface area contributed by atoms with E-state index in [1.165, 1.54) is 22.6 Å². The molecular weight excluding hydrogens is 477 g/mol. The fourth-order valence-electron chi connectivity index (χ4n) is 3.81. The Hall–Kier alpha value is -4.37. The van der Waals surface area contributed by atoms with E-state index in [4.69, 9.17) is 24.9 Å². The highest BCUT2D eigenvalue weighted by atomic mass is 19.1. The molecule has 2 N–H and O–H groups in total. The van der Waals surface area contributed by atoms with Crippen molar-refractivity contribution in [2.75, 3.05) is 20.1 Å². The first-order valence-corrected chi connectivity index (χ1v) is 11.8. The summed E-state index contributed by atoms with van der Waals surface area (Å²) in [5.74, 6) is -4.27. The Balaban J connectivity index is 0.000000568. The van der Waals surface area contributed by atoms with Crippen LogP contribution in [0.2, 0.25) is 0 Å². The van der Waals surface area contributed by atoms with Gasteiger partial charge in [-0.3, -0.25) is 4.79 Å². The molecule has 4 rings (SSSR count). The molecule has 37 heavy (non-hydrogen) atoms. The molecule has 0 bridgehead atoms. The Morgan fingerprint density at radius 3 is 2.14 bits per heavy atom. The molecule has 0 aliphatic carbocycles. The molecule has 1 unspecified atom stereocenters. The highest BCUT2D eigenvalue weighted by Gasteiger charge is 2.12. The van der Waals surface area contributed by atoms with E-state index in [1.807, 2.05) is 30.3 Å². The highest BCUT2D eigenvalue weighted by molar-refractivity contribution is 6.26. The topological polar surface area (TPSA) is 117 Å². The number of hydrogen-bond acceptors (Lipinski definition) is 5. The van der Waals surface area contributed by atoms with E-state index >= 15 is 0 Å². The fourth-order valence-corrected chi connectivity index (χ4v) is 3.81. The van der Waals surface area contributed by atoms with E-state index < -0.39 is 11.9 Å². The Morgan fingerprint density at radius 1 is 0.919 bits per heavy atom. The number of rotatable bonds is 8. The monoisotopic (exact) mass is 505 g/mol. The number of carboxylic acid groups (broad SMARTS) is 2. The molecular formula is C28H28FN3O5. The van der Waals surface area contributed by atoms with Crippen LogP contribution in [-0.2, 0) is 29.0 Å². The lowest BCUT2D eigenvalue weighted by atomic mass is 10.0. The Labute approximate surface area is 213 Å². The molecule has 0 saturated heterocycles. The molecule has 0 aliphatic heterocycles. The number of carboxylic acids is 2. The van der Waals surface area contributed by atoms with Gasteiger partial charge in [-0.25, -0.2) is 13.9 Å². The predicted octanol–water partition coefficient (Wildman–Crippen LogP) is 0.705. The van der Waals surface area contributed by atoms with Gasteiger partial charge in [0.25, 0.3) is 5.56 Å². The van der Waals surface area contributed by atoms with Crippen molar-refractivity contribution in [3.63, 3.8) is 0 Å². The maximum Gasteiger partial charge on any atom is 0.351 e. The largest absolute Gasteiger partial charge is 0.539 e. The second-order valence-corrected chi connectivity index (χ2v) is 8.61. The lowest BCUT2D eigenvalue weighted by Crippen LogP contribution is -3.09. The molecule has 1 atom stereocenters. The molecule has 192 valence electrons. The molecule has 0 spiro atoms. The Kier molecular flexibility index (Phi) is 9.62. The van der Waals surface area contributed by atoms with E-state index in [2.05, 4.69) is 31.3 Å². The number of aliphatic carboxylic acids is 2. The van der Waals surface area contributed by atoms with Gasteiger partial charge in [0, 0.05) is 18.2 Å². The molecule has 0 aliphatic rings. The van der Waals surface area contributed by atoms with E-state index in [9.17, 15) is 9.18 Å². The number of benzene rings is 3. The van der Waals surface area contributed by atoms with Gasteiger partial charge in [0.2, 0.25) is 0 Å². The minimum Gasteiger partial charge on any atom is -0.539 e. The summed E-state index contributed by atoms with van der Waals surface area (Å²) in [5.41, 5.74) is 3.07. The molecule has 4 aromatic rings. The second kappa shape index (κ2) is 13.1. The molecule has 1 heterocycles. The van der Waals surface area contributed by atoms with Gasteiger partial charge in [-0.05, 0) is 29.3 Å². The lowest BCUT2D eigenvalue weighted by molar-refractivity contribution is -0.880. The summed E-state index contributed by atoms with van der Waals surface area (Å²) in [4.78, 5) is 32.4. The van der Waals surface area contributed by atoms with E-state index in [0.717, 1.165) is 36.2 Å². The number of likely N-dealkylation sites (N-methyl/N-ethyl adjacent to an activating group) is 1. The van der Waals surface area contributed by atoms with Gasteiger partial charge in [0.05, 0.1) is 37.8 Å². The van der Waals surface area contributed by atoms with Crippen LogP contribution in [0.4, 0.5) is 4.39 Å². The minimum absolute atomic E-state index is 0.0608. The van der Waals surface area contributed by atoms with Crippen LogP contribution in [0, 0.1) is 5.82 Å². The number of nitrogens with one attached hydrogen (secondary N) is 1. The van der Waals surface area contributed by atoms with Crippen LogP contribution in [0.1, 0.15) is 16.8 Å². The zero-order valence-electron chi connectivity index (χ0n) is 20.4. The van der Waals surface area contributed by atoms with Gasteiger partial charge < -0.3 is 19.9 Å². The van der Waals surface area contributed by atoms with Crippen LogP contribution >= 0.6 is 0 Å². The van der Waals surface area contributed by atoms with Crippen LogP contribution < -0.4 is 15.6 Å². The summed E-state index contributed by atoms with van der Waals surface area (Å²) < 4.78 is 14.9. The zero-order chi connectivity index (χ0) is 26.8. The van der Waals surface area contributed by atoms with Crippen LogP contribution in [0.25, 0.3) is 10.8 Å². The molecule has 0 amide bonds. The average molecular weight is 506 g/mol. The Bertz CT molecular complexity index is 1390. The highest BCUT2D eigenvalue weighted by Crippen LogP contribution is 2.17. The van der Waals surface area contributed by atoms with Crippen LogP contribution in [0.3, 0.4) is 0 Å². The van der Waals surface area contributed by atoms with E-state index in [-0.39, 0.29) is 11.4 Å². The molecule has 0 radical (unpaired) electrons. The standard InChI is InChI=1S/C26H26FN3O.C2H2O4/c1-29(16-15-20-7-3-2-4-8-20)17-18-30-26(31)24-10-6-5-9-23(24)25(28-30)19-21-11-13-22(27)14-12-21;3-1(4)2(5)6/h2-14H,15-19H2,1H3;(H,3,4)(H,5,6). The van der Waals surface area contributed by atoms with Gasteiger partial charge >= 0.3 is 5.97 Å². The number of hydrogen-bond donors (Lipinski definition) is 2. The van der Waals surface area contributed by atoms with Crippen molar-refractivity contribution >= 4 is 22.7 Å². The molecule has 0 fully saturated rings. The third kappa shape index (κ3) is 8.08. The zero-order valence-corrected chi connectivity index (χ0v) is 20.4. The van der Waals surface area contributed by atoms with Crippen molar-refractivity contribution in [1.29, 1.82) is 0 Å². The SMILES string of the molecule is C[NH+](CCc1ccccc1)CCn1nc(Cc2ccc(F)cc2)c2ccccc2c1=O.O=C([O-])C(=O)O. The van der Waals surface area contributed by atoms with Crippen molar-refractivity contribution in [2.45, 2.75) is 19.4 Å². The van der Waals surface area contributed by atoms with Crippen LogP contribution in [-0.4, -0.2) is 47.0 Å². The first-order chi connectivity index (χ1) is 17.7. The Morgan fingerprint density at radius 2 is 1.51 bits per heavy atom. The van der Waals surface area contributed by atoms with Gasteiger partial charge in [-0.1, -0.05) is 60.7 Å². The van der Waals surface area contributed by atoms with Crippen molar-refractivity contribution in [2.24, 2.45) is 0 Å². The van der Waals surface area contributed by atoms with Crippen molar-refractivity contribution in [3.8, 4) is 0 Å². The van der Waals surface area contributed by atoms with Crippen LogP contribution in [0.15, 0.2) is 83.7 Å². The van der Waals surface area contributed by atoms with Gasteiger partial charge in [-0.2, -0.15) is 5.10 Å². The smallest absolute Gasteiger partial charge is 0.351 e. The third-order valence-corrected chi connectivity index (χ3v) is 5.84. The van der Waals surface area contributed by atoms with E-state index in [1.54, 1.807) is 16.8 Å². The van der Waals surface area contributed by atoms with Crippen molar-refractivity contribution in [3.05, 3.63) is 112 Å². The maximum absolute atomic E-state index is 13.3. The number of quaternary nitrogens is 1. The molecule has 0 saturated carbocycles. The van der Waals surface area contributed by atoms with E-state index in [0.29, 0.717) is 18.4 Å². The number of nitrogens with zero attached hydrogens (tertiary/aromatic N) is 2. The molecule has 9 heteroatoms. The third-order valence-electron chi connectivity index (χ3n) is 5.84. The maximum atomic E-state index is 13.3. The summed E-state index contributed by atoms with van der Waals surface area (Å²) in [7, 11) is 2.15. The number of carbonyl (C=O) groups is 2. The number of halogens is 1. The minimum atomic E-state index is -2.07. The average Bonchev–Trinajstić information content (AvgIpc) is 2.90. The molecule has 1 aromatic heterocycles. The number of carbonyl (C=O) groups excluding carboxylic acids is 1. The van der Waals surface area contributed by atoms with Crippen LogP contribution in [0.5, 0.6) is 0 Å². The van der Waals surface area contributed by atoms with Crippen molar-refractivity contribution in [1.82, 2.24) is 9.78 Å². The number of fused-ring (bicyclic) bond motifs is 1. The summed E-state index contributed by atoms with van der Waals surface area (Å²) in [6.07, 6.45) is 1.56. The fraction of sp³-hybridized carbons (Fsp3) is 0.214. The summed E-state index contributed by atoms with van der Waals surface area (Å²) in [5, 5.41) is 22.6. The van der Waals surface area contributed by atoms with Gasteiger partial charge in [0.15, 0.2) is 5.97 Å². The summed E-state index contributed by atoms with van der Waals surface area (Å²) in [6.45, 7) is 2.36. The summed E-state index contributed by atoms with van der Waals surface area (Å²) >= 11 is 0. The number of aromatic nitrogens is 2. The predicted molar refractivity (Wildman–Crippen MR) is 135 cm³/mol. The molecule has 8 nitrogen and oxygen atoms in total.